The number of thiophene rings is 2. The van der Waals surface area contributed by atoms with Crippen LogP contribution in [0.2, 0.25) is 0 Å². The van der Waals surface area contributed by atoms with Crippen LogP contribution in [0.1, 0.15) is 16.3 Å². The third-order valence-electron chi connectivity index (χ3n) is 3.95. The molecule has 0 amide bonds. The van der Waals surface area contributed by atoms with Gasteiger partial charge in [-0.05, 0) is 30.7 Å². The Morgan fingerprint density at radius 3 is 2.81 bits per heavy atom. The molecule has 0 aliphatic rings. The van der Waals surface area contributed by atoms with E-state index in [1.54, 1.807) is 23.5 Å². The fraction of sp³-hybridized carbons (Fsp3) is 0.158. The zero-order valence-corrected chi connectivity index (χ0v) is 16.4. The van der Waals surface area contributed by atoms with Gasteiger partial charge < -0.3 is 4.98 Å². The molecule has 0 atom stereocenters. The number of hydrogen-bond acceptors (Lipinski definition) is 5. The first-order valence-corrected chi connectivity index (χ1v) is 10.9. The van der Waals surface area contributed by atoms with Crippen LogP contribution in [0, 0.1) is 12.7 Å². The molecule has 26 heavy (non-hydrogen) atoms. The summed E-state index contributed by atoms with van der Waals surface area (Å²) in [5.41, 5.74) is 1.49. The van der Waals surface area contributed by atoms with Gasteiger partial charge >= 0.3 is 0 Å². The molecule has 4 aromatic rings. The molecule has 1 N–H and O–H groups in total. The highest BCUT2D eigenvalue weighted by molar-refractivity contribution is 7.97. The van der Waals surface area contributed by atoms with Gasteiger partial charge in [-0.15, -0.1) is 34.4 Å². The second-order valence-corrected chi connectivity index (χ2v) is 8.97. The molecule has 0 fully saturated rings. The Bertz CT molecular complexity index is 1130. The number of thioether (sulfide) groups is 1. The molecular weight excluding hydrogens is 387 g/mol. The van der Waals surface area contributed by atoms with Gasteiger partial charge in [-0.1, -0.05) is 18.2 Å². The molecule has 0 radical (unpaired) electrons. The highest BCUT2D eigenvalue weighted by Gasteiger charge is 2.14. The van der Waals surface area contributed by atoms with E-state index in [0.29, 0.717) is 28.3 Å². The van der Waals surface area contributed by atoms with Gasteiger partial charge in [0.05, 0.1) is 11.1 Å². The van der Waals surface area contributed by atoms with Gasteiger partial charge in [0.25, 0.3) is 5.56 Å². The van der Waals surface area contributed by atoms with E-state index in [4.69, 9.17) is 0 Å². The number of rotatable bonds is 5. The smallest absolute Gasteiger partial charge is 0.260 e. The largest absolute Gasteiger partial charge is 0.309 e. The normalized spacial score (nSPS) is 11.3. The van der Waals surface area contributed by atoms with Crippen LogP contribution >= 0.6 is 34.4 Å². The molecule has 0 aliphatic heterocycles. The predicted octanol–water partition coefficient (Wildman–Crippen LogP) is 5.59. The van der Waals surface area contributed by atoms with E-state index >= 15 is 0 Å². The zero-order valence-electron chi connectivity index (χ0n) is 13.9. The summed E-state index contributed by atoms with van der Waals surface area (Å²) in [7, 11) is 0. The lowest BCUT2D eigenvalue weighted by molar-refractivity contribution is 0.617. The molecule has 4 rings (SSSR count). The van der Waals surface area contributed by atoms with Crippen molar-refractivity contribution >= 4 is 44.7 Å². The van der Waals surface area contributed by atoms with Crippen molar-refractivity contribution in [3.05, 3.63) is 74.2 Å². The first-order valence-electron chi connectivity index (χ1n) is 8.00. The van der Waals surface area contributed by atoms with Crippen molar-refractivity contribution in [2.75, 3.05) is 0 Å². The topological polar surface area (TPSA) is 45.8 Å². The maximum Gasteiger partial charge on any atom is 0.260 e. The molecule has 7 heteroatoms. The lowest BCUT2D eigenvalue weighted by Crippen LogP contribution is -2.10. The fourth-order valence-corrected chi connectivity index (χ4v) is 5.50. The summed E-state index contributed by atoms with van der Waals surface area (Å²) >= 11 is 4.69. The standard InChI is InChI=1S/C19H15FN2OS3/c1-11-6-7-15(26-11)13-9-25-19-17(13)18(23)21-16(22-19)10-24-8-12-4-2-3-5-14(12)20/h2-7,9H,8,10H2,1H3,(H,21,22,23). The zero-order chi connectivity index (χ0) is 18.1. The minimum atomic E-state index is -0.203. The van der Waals surface area contributed by atoms with Crippen molar-refractivity contribution in [2.24, 2.45) is 0 Å². The van der Waals surface area contributed by atoms with E-state index in [-0.39, 0.29) is 11.4 Å². The maximum atomic E-state index is 13.7. The van der Waals surface area contributed by atoms with E-state index in [1.807, 2.05) is 17.5 Å². The van der Waals surface area contributed by atoms with Gasteiger partial charge in [-0.25, -0.2) is 9.37 Å². The van der Waals surface area contributed by atoms with E-state index in [2.05, 4.69) is 23.0 Å². The molecule has 0 bridgehead atoms. The molecule has 0 aliphatic carbocycles. The molecule has 132 valence electrons. The van der Waals surface area contributed by atoms with Crippen molar-refractivity contribution in [1.82, 2.24) is 9.97 Å². The number of aromatic nitrogens is 2. The molecule has 0 unspecified atom stereocenters. The highest BCUT2D eigenvalue weighted by atomic mass is 32.2. The number of hydrogen-bond donors (Lipinski definition) is 1. The number of nitrogens with zero attached hydrogens (tertiary/aromatic N) is 1. The lowest BCUT2D eigenvalue weighted by atomic mass is 10.2. The number of benzene rings is 1. The Hall–Kier alpha value is -1.96. The van der Waals surface area contributed by atoms with Crippen molar-refractivity contribution in [3.63, 3.8) is 0 Å². The third kappa shape index (κ3) is 3.47. The number of aromatic amines is 1. The Kier molecular flexibility index (Phi) is 4.93. The van der Waals surface area contributed by atoms with Crippen molar-refractivity contribution in [3.8, 4) is 10.4 Å². The predicted molar refractivity (Wildman–Crippen MR) is 110 cm³/mol. The molecule has 3 heterocycles. The molecule has 3 aromatic heterocycles. The number of nitrogens with one attached hydrogen (secondary N) is 1. The summed E-state index contributed by atoms with van der Waals surface area (Å²) in [6, 6.07) is 10.8. The van der Waals surface area contributed by atoms with Gasteiger partial charge in [0.1, 0.15) is 16.5 Å². The van der Waals surface area contributed by atoms with E-state index in [0.717, 1.165) is 15.3 Å². The molecule has 0 saturated carbocycles. The van der Waals surface area contributed by atoms with Gasteiger partial charge in [-0.2, -0.15) is 0 Å². The average molecular weight is 403 g/mol. The van der Waals surface area contributed by atoms with E-state index in [9.17, 15) is 9.18 Å². The second-order valence-electron chi connectivity index (χ2n) is 5.84. The third-order valence-corrected chi connectivity index (χ3v) is 6.85. The summed E-state index contributed by atoms with van der Waals surface area (Å²) < 4.78 is 13.7. The minimum Gasteiger partial charge on any atom is -0.309 e. The Morgan fingerprint density at radius 1 is 1.19 bits per heavy atom. The molecule has 3 nitrogen and oxygen atoms in total. The Labute approximate surface area is 161 Å². The fourth-order valence-electron chi connectivity index (χ4n) is 2.70. The summed E-state index contributed by atoms with van der Waals surface area (Å²) in [5, 5.41) is 2.65. The van der Waals surface area contributed by atoms with E-state index < -0.39 is 0 Å². The number of halogens is 1. The molecular formula is C19H15FN2OS3. The summed E-state index contributed by atoms with van der Waals surface area (Å²) in [6.45, 7) is 2.05. The quantitative estimate of drug-likeness (QED) is 0.473. The summed E-state index contributed by atoms with van der Waals surface area (Å²) in [4.78, 5) is 23.1. The van der Waals surface area contributed by atoms with Crippen LogP contribution in [0.15, 0.2) is 46.6 Å². The van der Waals surface area contributed by atoms with Crippen LogP contribution < -0.4 is 5.56 Å². The van der Waals surface area contributed by atoms with Crippen LogP contribution in [0.4, 0.5) is 4.39 Å². The van der Waals surface area contributed by atoms with Crippen molar-refractivity contribution < 1.29 is 4.39 Å². The number of aryl methyl sites for hydroxylation is 1. The first-order chi connectivity index (χ1) is 12.6. The average Bonchev–Trinajstić information content (AvgIpc) is 3.23. The van der Waals surface area contributed by atoms with Gasteiger partial charge in [0.2, 0.25) is 0 Å². The minimum absolute atomic E-state index is 0.112. The second kappa shape index (κ2) is 7.34. The number of fused-ring (bicyclic) bond motifs is 1. The molecule has 1 aromatic carbocycles. The van der Waals surface area contributed by atoms with Gasteiger partial charge in [-0.3, -0.25) is 4.79 Å². The Morgan fingerprint density at radius 2 is 2.04 bits per heavy atom. The molecule has 0 spiro atoms. The summed E-state index contributed by atoms with van der Waals surface area (Å²) in [6.07, 6.45) is 0. The maximum absolute atomic E-state index is 13.7. The first kappa shape index (κ1) is 17.5. The van der Waals surface area contributed by atoms with Crippen LogP contribution in [0.5, 0.6) is 0 Å². The SMILES string of the molecule is Cc1ccc(-c2csc3nc(CSCc4ccccc4F)[nH]c(=O)c23)s1. The van der Waals surface area contributed by atoms with Crippen LogP contribution in [-0.2, 0) is 11.5 Å². The lowest BCUT2D eigenvalue weighted by Gasteiger charge is -2.04. The van der Waals surface area contributed by atoms with Gasteiger partial charge in [0, 0.05) is 26.5 Å². The Balaban J connectivity index is 1.56. The highest BCUT2D eigenvalue weighted by Crippen LogP contribution is 2.35. The van der Waals surface area contributed by atoms with Crippen LogP contribution in [0.3, 0.4) is 0 Å². The summed E-state index contributed by atoms with van der Waals surface area (Å²) in [5.74, 6) is 1.49. The van der Waals surface area contributed by atoms with Gasteiger partial charge in [0.15, 0.2) is 0 Å². The number of H-pyrrole nitrogens is 1. The molecule has 0 saturated heterocycles. The van der Waals surface area contributed by atoms with Crippen LogP contribution in [-0.4, -0.2) is 9.97 Å². The monoisotopic (exact) mass is 402 g/mol. The van der Waals surface area contributed by atoms with Crippen LogP contribution in [0.25, 0.3) is 20.7 Å². The van der Waals surface area contributed by atoms with Crippen molar-refractivity contribution in [1.29, 1.82) is 0 Å². The van der Waals surface area contributed by atoms with E-state index in [1.165, 1.54) is 34.0 Å². The van der Waals surface area contributed by atoms with Crippen molar-refractivity contribution in [2.45, 2.75) is 18.4 Å².